The number of nitrogens with zero attached hydrogens (tertiary/aromatic N) is 5. The lowest BCUT2D eigenvalue weighted by atomic mass is 10.0. The second kappa shape index (κ2) is 10.7. The van der Waals surface area contributed by atoms with Crippen LogP contribution in [-0.2, 0) is 16.0 Å². The summed E-state index contributed by atoms with van der Waals surface area (Å²) < 4.78 is 6.49. The van der Waals surface area contributed by atoms with Crippen molar-refractivity contribution < 1.29 is 14.3 Å². The number of hydrogen-bond donors (Lipinski definition) is 2. The predicted molar refractivity (Wildman–Crippen MR) is 131 cm³/mol. The van der Waals surface area contributed by atoms with Crippen LogP contribution in [0, 0.1) is 5.92 Å². The molecule has 10 heteroatoms. The third-order valence-electron chi connectivity index (χ3n) is 6.33. The molecule has 2 N–H and O–H groups in total. The number of H-pyrrole nitrogens is 1. The number of imidazole rings is 1. The fourth-order valence-electron chi connectivity index (χ4n) is 4.43. The molecule has 2 aromatic heterocycles. The number of methoxy groups -OCH3 is 1. The van der Waals surface area contributed by atoms with Gasteiger partial charge >= 0.3 is 6.09 Å². The quantitative estimate of drug-likeness (QED) is 0.509. The summed E-state index contributed by atoms with van der Waals surface area (Å²) in [4.78, 5) is 34.9. The van der Waals surface area contributed by atoms with Gasteiger partial charge in [-0.2, -0.15) is 0 Å². The summed E-state index contributed by atoms with van der Waals surface area (Å²) in [5.74, 6) is 0.554. The van der Waals surface area contributed by atoms with Crippen molar-refractivity contribution in [1.29, 1.82) is 0 Å². The molecule has 2 unspecified atom stereocenters. The average molecular weight is 480 g/mol. The van der Waals surface area contributed by atoms with E-state index in [-0.39, 0.29) is 17.9 Å². The fraction of sp³-hybridized carbons (Fsp3) is 0.480. The number of likely N-dealkylation sites (tertiary alicyclic amines) is 1. The molecule has 0 aliphatic carbocycles. The fourth-order valence-corrected chi connectivity index (χ4v) is 4.43. The summed E-state index contributed by atoms with van der Waals surface area (Å²) in [5.41, 5.74) is 3.79. The summed E-state index contributed by atoms with van der Waals surface area (Å²) in [7, 11) is 1.29. The molecule has 3 aromatic rings. The van der Waals surface area contributed by atoms with Crippen LogP contribution >= 0.6 is 0 Å². The molecule has 1 aromatic carbocycles. The largest absolute Gasteiger partial charge is 0.453 e. The molecule has 3 heterocycles. The van der Waals surface area contributed by atoms with Gasteiger partial charge in [0.1, 0.15) is 11.9 Å². The molecule has 186 valence electrons. The van der Waals surface area contributed by atoms with Gasteiger partial charge in [0, 0.05) is 6.54 Å². The zero-order valence-electron chi connectivity index (χ0n) is 20.7. The Balaban J connectivity index is 1.49. The van der Waals surface area contributed by atoms with E-state index in [2.05, 4.69) is 32.5 Å². The molecule has 1 aliphatic heterocycles. The van der Waals surface area contributed by atoms with Crippen molar-refractivity contribution in [2.75, 3.05) is 13.7 Å². The molecule has 1 fully saturated rings. The normalized spacial score (nSPS) is 16.5. The van der Waals surface area contributed by atoms with Crippen LogP contribution in [0.15, 0.2) is 36.7 Å². The van der Waals surface area contributed by atoms with Crippen molar-refractivity contribution in [2.45, 2.75) is 58.5 Å². The Morgan fingerprint density at radius 2 is 2.03 bits per heavy atom. The van der Waals surface area contributed by atoms with Gasteiger partial charge in [0.15, 0.2) is 0 Å². The first-order chi connectivity index (χ1) is 16.9. The second-order valence-corrected chi connectivity index (χ2v) is 9.18. The van der Waals surface area contributed by atoms with Gasteiger partial charge in [0.25, 0.3) is 0 Å². The minimum atomic E-state index is -0.653. The van der Waals surface area contributed by atoms with Crippen LogP contribution in [0.4, 0.5) is 4.79 Å². The lowest BCUT2D eigenvalue weighted by molar-refractivity contribution is -0.135. The molecule has 0 radical (unpaired) electrons. The average Bonchev–Trinajstić information content (AvgIpc) is 3.62. The number of alkyl carbamates (subject to hydrolysis) is 1. The number of aryl methyl sites for hydroxylation is 1. The van der Waals surface area contributed by atoms with Crippen molar-refractivity contribution in [3.05, 3.63) is 48.2 Å². The molecule has 1 saturated heterocycles. The van der Waals surface area contributed by atoms with Gasteiger partial charge in [-0.15, -0.1) is 5.10 Å². The van der Waals surface area contributed by atoms with Gasteiger partial charge in [-0.05, 0) is 42.9 Å². The number of rotatable bonds is 8. The van der Waals surface area contributed by atoms with E-state index in [0.29, 0.717) is 6.54 Å². The lowest BCUT2D eigenvalue weighted by Gasteiger charge is -2.30. The molecule has 1 aliphatic rings. The number of nitrogens with one attached hydrogen (secondary N) is 2. The van der Waals surface area contributed by atoms with E-state index in [1.165, 1.54) is 7.11 Å². The highest BCUT2D eigenvalue weighted by Gasteiger charge is 2.37. The first-order valence-corrected chi connectivity index (χ1v) is 12.1. The zero-order valence-corrected chi connectivity index (χ0v) is 20.7. The summed E-state index contributed by atoms with van der Waals surface area (Å²) in [6.07, 6.45) is 6.78. The number of amides is 2. The second-order valence-electron chi connectivity index (χ2n) is 9.18. The monoisotopic (exact) mass is 479 g/mol. The third-order valence-corrected chi connectivity index (χ3v) is 6.33. The SMILES string of the molecule is CCCc1cn(-c2ccc(-c3cnc(C4CCCN4C(=O)C(NC(=O)OC)C(C)C)[nH]3)cc2)nn1. The standard InChI is InChI=1S/C25H33N7O3/c1-5-7-18-15-32(30-29-18)19-11-9-17(10-12-19)20-14-26-23(27-20)21-8-6-13-31(21)24(33)22(16(2)3)28-25(34)35-4/h9-12,14-16,21-22H,5-8,13H2,1-4H3,(H,26,27)(H,28,34). The van der Waals surface area contributed by atoms with E-state index >= 15 is 0 Å². The molecule has 0 bridgehead atoms. The maximum Gasteiger partial charge on any atom is 0.407 e. The number of carbonyl (C=O) groups is 2. The number of carbonyl (C=O) groups excluding carboxylic acids is 2. The highest BCUT2D eigenvalue weighted by Crippen LogP contribution is 2.32. The molecule has 0 saturated carbocycles. The summed E-state index contributed by atoms with van der Waals surface area (Å²) in [6.45, 7) is 6.55. The van der Waals surface area contributed by atoms with Crippen molar-refractivity contribution in [1.82, 2.24) is 35.2 Å². The Morgan fingerprint density at radius 3 is 2.71 bits per heavy atom. The van der Waals surface area contributed by atoms with E-state index in [0.717, 1.165) is 54.1 Å². The smallest absolute Gasteiger partial charge is 0.407 e. The highest BCUT2D eigenvalue weighted by atomic mass is 16.5. The number of hydrogen-bond acceptors (Lipinski definition) is 6. The van der Waals surface area contributed by atoms with E-state index in [1.807, 2.05) is 49.2 Å². The van der Waals surface area contributed by atoms with Crippen LogP contribution in [0.1, 0.15) is 57.6 Å². The van der Waals surface area contributed by atoms with Gasteiger partial charge < -0.3 is 19.9 Å². The maximum atomic E-state index is 13.3. The Bertz CT molecular complexity index is 1150. The predicted octanol–water partition coefficient (Wildman–Crippen LogP) is 3.65. The minimum absolute atomic E-state index is 0.0726. The van der Waals surface area contributed by atoms with E-state index in [9.17, 15) is 9.59 Å². The molecular weight excluding hydrogens is 446 g/mol. The number of aromatic nitrogens is 5. The summed E-state index contributed by atoms with van der Waals surface area (Å²) >= 11 is 0. The van der Waals surface area contributed by atoms with Crippen molar-refractivity contribution >= 4 is 12.0 Å². The van der Waals surface area contributed by atoms with Crippen LogP contribution in [0.5, 0.6) is 0 Å². The minimum Gasteiger partial charge on any atom is -0.453 e. The van der Waals surface area contributed by atoms with Crippen molar-refractivity contribution in [3.8, 4) is 16.9 Å². The Morgan fingerprint density at radius 1 is 1.26 bits per heavy atom. The lowest BCUT2D eigenvalue weighted by Crippen LogP contribution is -2.51. The first-order valence-electron chi connectivity index (χ1n) is 12.1. The molecule has 0 spiro atoms. The topological polar surface area (TPSA) is 118 Å². The van der Waals surface area contributed by atoms with Crippen molar-refractivity contribution in [2.24, 2.45) is 5.92 Å². The van der Waals surface area contributed by atoms with E-state index in [4.69, 9.17) is 4.74 Å². The third kappa shape index (κ3) is 5.36. The molecule has 10 nitrogen and oxygen atoms in total. The Hall–Kier alpha value is -3.69. The first kappa shape index (κ1) is 24.4. The number of benzene rings is 1. The van der Waals surface area contributed by atoms with Gasteiger partial charge in [-0.25, -0.2) is 14.5 Å². The van der Waals surface area contributed by atoms with Crippen molar-refractivity contribution in [3.63, 3.8) is 0 Å². The van der Waals surface area contributed by atoms with Crippen LogP contribution in [0.25, 0.3) is 16.9 Å². The van der Waals surface area contributed by atoms with Crippen LogP contribution in [0.3, 0.4) is 0 Å². The summed E-state index contributed by atoms with van der Waals surface area (Å²) in [5, 5.41) is 11.1. The van der Waals surface area contributed by atoms with Crippen LogP contribution in [-0.4, -0.2) is 61.6 Å². The molecule has 35 heavy (non-hydrogen) atoms. The van der Waals surface area contributed by atoms with Gasteiger partial charge in [0.05, 0.1) is 42.6 Å². The van der Waals surface area contributed by atoms with E-state index in [1.54, 1.807) is 10.9 Å². The maximum absolute atomic E-state index is 13.3. The molecular formula is C25H33N7O3. The molecule has 4 rings (SSSR count). The highest BCUT2D eigenvalue weighted by molar-refractivity contribution is 5.86. The Kier molecular flexibility index (Phi) is 7.48. The number of ether oxygens (including phenoxy) is 1. The molecule has 2 amide bonds. The van der Waals surface area contributed by atoms with Crippen LogP contribution < -0.4 is 5.32 Å². The van der Waals surface area contributed by atoms with Gasteiger partial charge in [-0.3, -0.25) is 4.79 Å². The molecule has 2 atom stereocenters. The zero-order chi connectivity index (χ0) is 24.9. The Labute approximate surface area is 205 Å². The van der Waals surface area contributed by atoms with E-state index < -0.39 is 12.1 Å². The van der Waals surface area contributed by atoms with Gasteiger partial charge in [0.2, 0.25) is 5.91 Å². The van der Waals surface area contributed by atoms with Crippen LogP contribution in [0.2, 0.25) is 0 Å². The summed E-state index contributed by atoms with van der Waals surface area (Å²) in [6, 6.07) is 7.21. The van der Waals surface area contributed by atoms with Gasteiger partial charge in [-0.1, -0.05) is 44.5 Å². The number of aromatic amines is 1.